The molecule has 1 amide bonds. The summed E-state index contributed by atoms with van der Waals surface area (Å²) < 4.78 is 0. The summed E-state index contributed by atoms with van der Waals surface area (Å²) in [5.41, 5.74) is 0.206. The number of aromatic amines is 1. The van der Waals surface area contributed by atoms with Crippen LogP contribution in [-0.2, 0) is 0 Å². The minimum Gasteiger partial charge on any atom is -0.351 e. The Balaban J connectivity index is 2.46. The predicted molar refractivity (Wildman–Crippen MR) is 63.9 cm³/mol. The van der Waals surface area contributed by atoms with Crippen LogP contribution in [0.15, 0.2) is 23.1 Å². The van der Waals surface area contributed by atoms with Gasteiger partial charge in [-0.25, -0.2) is 0 Å². The van der Waals surface area contributed by atoms with Crippen LogP contribution in [0.25, 0.3) is 0 Å². The monoisotopic (exact) mass is 242 g/mol. The van der Waals surface area contributed by atoms with Gasteiger partial charge in [-0.2, -0.15) is 0 Å². The van der Waals surface area contributed by atoms with Crippen molar-refractivity contribution in [1.29, 1.82) is 0 Å². The molecule has 4 nitrogen and oxygen atoms in total. The van der Waals surface area contributed by atoms with E-state index in [-0.39, 0.29) is 16.8 Å². The first-order valence-electron chi connectivity index (χ1n) is 5.24. The van der Waals surface area contributed by atoms with Crippen LogP contribution in [0.2, 0.25) is 0 Å². The normalized spacial score (nSPS) is 12.1. The summed E-state index contributed by atoms with van der Waals surface area (Å²) in [4.78, 5) is 24.8. The van der Waals surface area contributed by atoms with Crippen molar-refractivity contribution in [2.24, 2.45) is 0 Å². The number of carbonyl (C=O) groups is 1. The first kappa shape index (κ1) is 12.8. The van der Waals surface area contributed by atoms with Gasteiger partial charge in [0.15, 0.2) is 0 Å². The molecule has 88 valence electrons. The third kappa shape index (κ3) is 4.06. The van der Waals surface area contributed by atoms with Crippen molar-refractivity contribution >= 4 is 17.5 Å². The maximum Gasteiger partial charge on any atom is 0.252 e. The summed E-state index contributed by atoms with van der Waals surface area (Å²) in [6.07, 6.45) is 3.25. The first-order valence-corrected chi connectivity index (χ1v) is 5.68. The third-order valence-electron chi connectivity index (χ3n) is 2.13. The molecule has 0 aliphatic rings. The lowest BCUT2D eigenvalue weighted by molar-refractivity contribution is 0.0953. The van der Waals surface area contributed by atoms with Gasteiger partial charge >= 0.3 is 0 Å². The van der Waals surface area contributed by atoms with Gasteiger partial charge in [0, 0.05) is 18.8 Å². The molecule has 0 aliphatic carbocycles. The van der Waals surface area contributed by atoms with Gasteiger partial charge in [-0.15, -0.1) is 11.6 Å². The molecule has 0 radical (unpaired) electrons. The van der Waals surface area contributed by atoms with Gasteiger partial charge in [-0.1, -0.05) is 13.3 Å². The lowest BCUT2D eigenvalue weighted by Gasteiger charge is -2.09. The second kappa shape index (κ2) is 6.33. The highest BCUT2D eigenvalue weighted by Crippen LogP contribution is 2.03. The number of hydrogen-bond acceptors (Lipinski definition) is 2. The molecule has 2 N–H and O–H groups in total. The highest BCUT2D eigenvalue weighted by atomic mass is 35.5. The molecule has 0 spiro atoms. The minimum absolute atomic E-state index is 0.0447. The quantitative estimate of drug-likeness (QED) is 0.769. The van der Waals surface area contributed by atoms with Crippen LogP contribution in [-0.4, -0.2) is 22.8 Å². The Morgan fingerprint density at radius 2 is 2.31 bits per heavy atom. The fraction of sp³-hybridized carbons (Fsp3) is 0.455. The molecule has 1 aromatic rings. The van der Waals surface area contributed by atoms with Crippen LogP contribution in [0, 0.1) is 0 Å². The van der Waals surface area contributed by atoms with E-state index in [2.05, 4.69) is 10.3 Å². The number of nitrogens with one attached hydrogen (secondary N) is 2. The molecule has 0 saturated heterocycles. The molecule has 1 heterocycles. The van der Waals surface area contributed by atoms with Crippen molar-refractivity contribution in [2.75, 3.05) is 6.54 Å². The van der Waals surface area contributed by atoms with E-state index in [0.29, 0.717) is 12.1 Å². The fourth-order valence-electron chi connectivity index (χ4n) is 1.27. The maximum atomic E-state index is 11.6. The van der Waals surface area contributed by atoms with Crippen LogP contribution in [0.1, 0.15) is 30.1 Å². The summed E-state index contributed by atoms with van der Waals surface area (Å²) in [7, 11) is 0. The molecule has 1 atom stereocenters. The largest absolute Gasteiger partial charge is 0.351 e. The molecule has 1 unspecified atom stereocenters. The predicted octanol–water partition coefficient (Wildman–Crippen LogP) is 1.51. The average molecular weight is 243 g/mol. The SMILES string of the molecule is CCCC(Cl)CNC(=O)c1ccc(=O)[nH]c1. The molecular weight excluding hydrogens is 228 g/mol. The highest BCUT2D eigenvalue weighted by molar-refractivity contribution is 6.20. The molecule has 0 aliphatic heterocycles. The van der Waals surface area contributed by atoms with E-state index in [0.717, 1.165) is 12.8 Å². The second-order valence-electron chi connectivity index (χ2n) is 3.54. The number of rotatable bonds is 5. The van der Waals surface area contributed by atoms with Gasteiger partial charge in [0.05, 0.1) is 10.9 Å². The summed E-state index contributed by atoms with van der Waals surface area (Å²) in [5, 5.41) is 2.67. The van der Waals surface area contributed by atoms with E-state index in [1.165, 1.54) is 18.3 Å². The zero-order valence-corrected chi connectivity index (χ0v) is 9.88. The molecule has 0 bridgehead atoms. The van der Waals surface area contributed by atoms with Gasteiger partial charge < -0.3 is 10.3 Å². The van der Waals surface area contributed by atoms with Gasteiger partial charge in [0.1, 0.15) is 0 Å². The van der Waals surface area contributed by atoms with E-state index in [1.54, 1.807) is 0 Å². The maximum absolute atomic E-state index is 11.6. The van der Waals surface area contributed by atoms with Crippen LogP contribution in [0.4, 0.5) is 0 Å². The van der Waals surface area contributed by atoms with Crippen LogP contribution < -0.4 is 10.9 Å². The Bertz CT molecular complexity index is 383. The molecule has 5 heteroatoms. The summed E-state index contributed by atoms with van der Waals surface area (Å²) in [5.74, 6) is -0.224. The summed E-state index contributed by atoms with van der Waals surface area (Å²) in [6, 6.07) is 2.80. The lowest BCUT2D eigenvalue weighted by atomic mass is 10.2. The van der Waals surface area contributed by atoms with E-state index in [9.17, 15) is 9.59 Å². The third-order valence-corrected chi connectivity index (χ3v) is 2.50. The van der Waals surface area contributed by atoms with E-state index in [1.807, 2.05) is 6.92 Å². The number of carbonyl (C=O) groups excluding carboxylic acids is 1. The lowest BCUT2D eigenvalue weighted by Crippen LogP contribution is -2.30. The Hall–Kier alpha value is -1.29. The standard InChI is InChI=1S/C11H15ClN2O2/c1-2-3-9(12)7-14-11(16)8-4-5-10(15)13-6-8/h4-6,9H,2-3,7H2,1H3,(H,13,15)(H,14,16). The van der Waals surface area contributed by atoms with Gasteiger partial charge in [0.2, 0.25) is 5.56 Å². The van der Waals surface area contributed by atoms with Crippen LogP contribution in [0.3, 0.4) is 0 Å². The number of pyridine rings is 1. The Morgan fingerprint density at radius 3 is 2.88 bits per heavy atom. The van der Waals surface area contributed by atoms with Gasteiger partial charge in [-0.3, -0.25) is 9.59 Å². The molecule has 1 aromatic heterocycles. The Morgan fingerprint density at radius 1 is 1.56 bits per heavy atom. The van der Waals surface area contributed by atoms with E-state index >= 15 is 0 Å². The first-order chi connectivity index (χ1) is 7.63. The van der Waals surface area contributed by atoms with Crippen molar-refractivity contribution in [3.63, 3.8) is 0 Å². The summed E-state index contributed by atoms with van der Waals surface area (Å²) in [6.45, 7) is 2.48. The molecule has 0 fully saturated rings. The fourth-order valence-corrected chi connectivity index (χ4v) is 1.57. The topological polar surface area (TPSA) is 62.0 Å². The van der Waals surface area contributed by atoms with Gasteiger partial charge in [-0.05, 0) is 12.5 Å². The van der Waals surface area contributed by atoms with Crippen molar-refractivity contribution in [3.05, 3.63) is 34.2 Å². The van der Waals surface area contributed by atoms with Crippen molar-refractivity contribution in [3.8, 4) is 0 Å². The number of H-pyrrole nitrogens is 1. The van der Waals surface area contributed by atoms with Gasteiger partial charge in [0.25, 0.3) is 5.91 Å². The van der Waals surface area contributed by atoms with E-state index in [4.69, 9.17) is 11.6 Å². The molecule has 0 aromatic carbocycles. The number of amides is 1. The Labute approximate surface area is 99.0 Å². The number of aromatic nitrogens is 1. The minimum atomic E-state index is -0.224. The van der Waals surface area contributed by atoms with Crippen molar-refractivity contribution < 1.29 is 4.79 Å². The average Bonchev–Trinajstić information content (AvgIpc) is 2.27. The molecular formula is C11H15ClN2O2. The number of halogens is 1. The molecule has 1 rings (SSSR count). The zero-order chi connectivity index (χ0) is 12.0. The molecule has 0 saturated carbocycles. The molecule has 16 heavy (non-hydrogen) atoms. The smallest absolute Gasteiger partial charge is 0.252 e. The second-order valence-corrected chi connectivity index (χ2v) is 4.15. The zero-order valence-electron chi connectivity index (χ0n) is 9.13. The van der Waals surface area contributed by atoms with Crippen molar-refractivity contribution in [2.45, 2.75) is 25.1 Å². The summed E-state index contributed by atoms with van der Waals surface area (Å²) >= 11 is 5.97. The Kier molecular flexibility index (Phi) is 5.05. The number of hydrogen-bond donors (Lipinski definition) is 2. The van der Waals surface area contributed by atoms with E-state index < -0.39 is 0 Å². The van der Waals surface area contributed by atoms with Crippen molar-refractivity contribution in [1.82, 2.24) is 10.3 Å². The number of alkyl halides is 1. The highest BCUT2D eigenvalue weighted by Gasteiger charge is 2.08. The van der Waals surface area contributed by atoms with Crippen LogP contribution in [0.5, 0.6) is 0 Å². The van der Waals surface area contributed by atoms with Crippen LogP contribution >= 0.6 is 11.6 Å².